The van der Waals surface area contributed by atoms with Crippen molar-refractivity contribution in [3.8, 4) is 6.07 Å². The fourth-order valence-electron chi connectivity index (χ4n) is 7.49. The van der Waals surface area contributed by atoms with Crippen LogP contribution in [0.5, 0.6) is 0 Å². The van der Waals surface area contributed by atoms with Gasteiger partial charge in [0, 0.05) is 0 Å². The maximum atomic E-state index is 10.3. The summed E-state index contributed by atoms with van der Waals surface area (Å²) in [5.74, 6) is 2.93. The van der Waals surface area contributed by atoms with Crippen LogP contribution >= 0.6 is 0 Å². The summed E-state index contributed by atoms with van der Waals surface area (Å²) in [6, 6.07) is 2.60. The zero-order valence-electron chi connectivity index (χ0n) is 14.5. The molecule has 2 N–H and O–H groups in total. The van der Waals surface area contributed by atoms with Gasteiger partial charge in [-0.05, 0) is 85.9 Å². The molecule has 4 aliphatic carbocycles. The summed E-state index contributed by atoms with van der Waals surface area (Å²) >= 11 is 0. The first kappa shape index (κ1) is 15.9. The summed E-state index contributed by atoms with van der Waals surface area (Å²) in [6.45, 7) is 4.77. The van der Waals surface area contributed by atoms with Crippen molar-refractivity contribution in [1.82, 2.24) is 0 Å². The number of hydrogen-bond donors (Lipinski definition) is 2. The number of hydrogen-bond acceptors (Lipinski definition) is 3. The van der Waals surface area contributed by atoms with Gasteiger partial charge in [0.05, 0.1) is 24.2 Å². The van der Waals surface area contributed by atoms with Gasteiger partial charge in [0.15, 0.2) is 0 Å². The van der Waals surface area contributed by atoms with E-state index >= 15 is 0 Å². The summed E-state index contributed by atoms with van der Waals surface area (Å²) in [7, 11) is 0. The lowest BCUT2D eigenvalue weighted by Crippen LogP contribution is -2.56. The molecule has 4 aliphatic rings. The molecule has 0 unspecified atom stereocenters. The molecule has 4 fully saturated rings. The molecule has 0 aliphatic heterocycles. The molecular formula is C20H31NO2. The highest BCUT2D eigenvalue weighted by Gasteiger charge is 2.61. The predicted octanol–water partition coefficient (Wildman–Crippen LogP) is 3.50. The van der Waals surface area contributed by atoms with Crippen LogP contribution in [0.1, 0.15) is 65.2 Å². The number of nitrogens with zero attached hydrogens (tertiary/aromatic N) is 1. The molecule has 0 amide bonds. The van der Waals surface area contributed by atoms with Crippen LogP contribution in [0.3, 0.4) is 0 Å². The third-order valence-corrected chi connectivity index (χ3v) is 8.84. The summed E-state index contributed by atoms with van der Waals surface area (Å²) < 4.78 is 0. The quantitative estimate of drug-likeness (QED) is 0.718. The maximum Gasteiger partial charge on any atom is 0.0804 e. The van der Waals surface area contributed by atoms with Gasteiger partial charge in [0.1, 0.15) is 0 Å². The summed E-state index contributed by atoms with van der Waals surface area (Å²) in [5, 5.41) is 30.0. The van der Waals surface area contributed by atoms with Gasteiger partial charge in [-0.3, -0.25) is 0 Å². The Hall–Kier alpha value is -0.590. The molecule has 9 atom stereocenters. The standard InChI is InChI=1S/C20H31NO2/c1-19-8-7-16-14(15(19)6-4-13(19)11-21)5-3-12-9-17(22)18(23)10-20(12,16)2/h12-18,22-23H,3-10H2,1-2H3/t12-,13+,14-,15-,16-,17-,18+,19+,20-/m0/s1. The molecule has 3 nitrogen and oxygen atoms in total. The monoisotopic (exact) mass is 317 g/mol. The summed E-state index contributed by atoms with van der Waals surface area (Å²) in [4.78, 5) is 0. The number of aliphatic hydroxyl groups excluding tert-OH is 2. The molecule has 0 bridgehead atoms. The molecule has 4 rings (SSSR count). The number of nitriles is 1. The van der Waals surface area contributed by atoms with E-state index < -0.39 is 12.2 Å². The van der Waals surface area contributed by atoms with Crippen LogP contribution in [0.15, 0.2) is 0 Å². The second-order valence-corrected chi connectivity index (χ2v) is 9.53. The number of aliphatic hydroxyl groups is 2. The van der Waals surface area contributed by atoms with Gasteiger partial charge in [-0.2, -0.15) is 5.26 Å². The molecule has 128 valence electrons. The first-order valence-electron chi connectivity index (χ1n) is 9.66. The molecule has 0 spiro atoms. The summed E-state index contributed by atoms with van der Waals surface area (Å²) in [5.41, 5.74) is 0.416. The Labute approximate surface area is 140 Å². The average Bonchev–Trinajstić information content (AvgIpc) is 2.85. The van der Waals surface area contributed by atoms with Gasteiger partial charge < -0.3 is 10.2 Å². The molecular weight excluding hydrogens is 286 g/mol. The lowest BCUT2D eigenvalue weighted by atomic mass is 9.44. The van der Waals surface area contributed by atoms with Crippen LogP contribution in [0.4, 0.5) is 0 Å². The molecule has 0 heterocycles. The Morgan fingerprint density at radius 3 is 2.39 bits per heavy atom. The molecule has 4 saturated carbocycles. The van der Waals surface area contributed by atoms with E-state index in [1.165, 1.54) is 32.1 Å². The molecule has 0 aromatic rings. The Balaban J connectivity index is 1.63. The fraction of sp³-hybridized carbons (Fsp3) is 0.950. The highest BCUT2D eigenvalue weighted by Crippen LogP contribution is 2.67. The molecule has 23 heavy (non-hydrogen) atoms. The van der Waals surface area contributed by atoms with Gasteiger partial charge in [-0.25, -0.2) is 0 Å². The van der Waals surface area contributed by atoms with E-state index in [4.69, 9.17) is 0 Å². The first-order chi connectivity index (χ1) is 10.9. The lowest BCUT2D eigenvalue weighted by Gasteiger charge is -2.61. The van der Waals surface area contributed by atoms with Crippen molar-refractivity contribution in [1.29, 1.82) is 5.26 Å². The zero-order valence-corrected chi connectivity index (χ0v) is 14.5. The molecule has 0 aromatic heterocycles. The second kappa shape index (κ2) is 5.20. The van der Waals surface area contributed by atoms with Gasteiger partial charge >= 0.3 is 0 Å². The van der Waals surface area contributed by atoms with E-state index in [1.54, 1.807) is 0 Å². The summed E-state index contributed by atoms with van der Waals surface area (Å²) in [6.07, 6.45) is 7.66. The van der Waals surface area contributed by atoms with Crippen molar-refractivity contribution in [3.05, 3.63) is 0 Å². The van der Waals surface area contributed by atoms with Crippen LogP contribution in [0, 0.1) is 51.8 Å². The van der Waals surface area contributed by atoms with Crippen LogP contribution in [0.25, 0.3) is 0 Å². The van der Waals surface area contributed by atoms with E-state index in [2.05, 4.69) is 19.9 Å². The molecule has 0 radical (unpaired) electrons. The molecule has 3 heteroatoms. The van der Waals surface area contributed by atoms with E-state index in [0.29, 0.717) is 17.8 Å². The third-order valence-electron chi connectivity index (χ3n) is 8.84. The minimum absolute atomic E-state index is 0.188. The molecule has 0 saturated heterocycles. The maximum absolute atomic E-state index is 10.3. The van der Waals surface area contributed by atoms with E-state index in [9.17, 15) is 15.5 Å². The van der Waals surface area contributed by atoms with Crippen molar-refractivity contribution in [3.63, 3.8) is 0 Å². The Bertz CT molecular complexity index is 528. The SMILES string of the molecule is C[C@]12C[C@@H](O)[C@@H](O)C[C@@H]1CC[C@@H]1[C@@H]2CC[C@]2(C)[C@@H](C#N)CC[C@@H]12. The lowest BCUT2D eigenvalue weighted by molar-refractivity contribution is -0.157. The normalized spacial score (nSPS) is 58.7. The largest absolute Gasteiger partial charge is 0.390 e. The van der Waals surface area contributed by atoms with Crippen LogP contribution < -0.4 is 0 Å². The third kappa shape index (κ3) is 2.07. The Kier molecular flexibility index (Phi) is 3.60. The van der Waals surface area contributed by atoms with Crippen molar-refractivity contribution in [2.75, 3.05) is 0 Å². The zero-order chi connectivity index (χ0) is 16.4. The number of fused-ring (bicyclic) bond motifs is 5. The highest BCUT2D eigenvalue weighted by molar-refractivity contribution is 5.13. The van der Waals surface area contributed by atoms with Crippen LogP contribution in [0.2, 0.25) is 0 Å². The first-order valence-corrected chi connectivity index (χ1v) is 9.66. The van der Waals surface area contributed by atoms with E-state index in [1.807, 2.05) is 0 Å². The predicted molar refractivity (Wildman–Crippen MR) is 88.2 cm³/mol. The Morgan fingerprint density at radius 1 is 0.913 bits per heavy atom. The Morgan fingerprint density at radius 2 is 1.65 bits per heavy atom. The van der Waals surface area contributed by atoms with E-state index in [-0.39, 0.29) is 16.7 Å². The second-order valence-electron chi connectivity index (χ2n) is 9.53. The molecule has 0 aromatic carbocycles. The van der Waals surface area contributed by atoms with E-state index in [0.717, 1.165) is 25.2 Å². The van der Waals surface area contributed by atoms with Crippen molar-refractivity contribution < 1.29 is 10.2 Å². The minimum Gasteiger partial charge on any atom is -0.390 e. The average molecular weight is 317 g/mol. The van der Waals surface area contributed by atoms with Gasteiger partial charge in [-0.1, -0.05) is 13.8 Å². The fourth-order valence-corrected chi connectivity index (χ4v) is 7.49. The topological polar surface area (TPSA) is 64.2 Å². The van der Waals surface area contributed by atoms with Gasteiger partial charge in [0.2, 0.25) is 0 Å². The number of rotatable bonds is 0. The van der Waals surface area contributed by atoms with Crippen LogP contribution in [-0.2, 0) is 0 Å². The van der Waals surface area contributed by atoms with Crippen molar-refractivity contribution in [2.24, 2.45) is 40.4 Å². The highest BCUT2D eigenvalue weighted by atomic mass is 16.3. The van der Waals surface area contributed by atoms with Gasteiger partial charge in [0.25, 0.3) is 0 Å². The minimum atomic E-state index is -0.543. The smallest absolute Gasteiger partial charge is 0.0804 e. The van der Waals surface area contributed by atoms with Crippen LogP contribution in [-0.4, -0.2) is 22.4 Å². The van der Waals surface area contributed by atoms with Gasteiger partial charge in [-0.15, -0.1) is 0 Å². The van der Waals surface area contributed by atoms with Crippen molar-refractivity contribution >= 4 is 0 Å². The van der Waals surface area contributed by atoms with Crippen molar-refractivity contribution in [2.45, 2.75) is 77.4 Å².